The van der Waals surface area contributed by atoms with Crippen LogP contribution in [-0.2, 0) is 6.54 Å². The van der Waals surface area contributed by atoms with E-state index < -0.39 is 0 Å². The van der Waals surface area contributed by atoms with Gasteiger partial charge >= 0.3 is 0 Å². The summed E-state index contributed by atoms with van der Waals surface area (Å²) in [5.74, 6) is 0.227. The van der Waals surface area contributed by atoms with Gasteiger partial charge in [-0.2, -0.15) is 5.26 Å². The Balaban J connectivity index is 2.01. The predicted molar refractivity (Wildman–Crippen MR) is 79.4 cm³/mol. The number of nitrogens with one attached hydrogen (secondary N) is 1. The number of methoxy groups -OCH3 is 1. The molecule has 1 unspecified atom stereocenters. The molecule has 0 aliphatic heterocycles. The molecule has 0 heterocycles. The smallest absolute Gasteiger partial charge is 0.131 e. The van der Waals surface area contributed by atoms with Crippen LogP contribution in [0, 0.1) is 17.1 Å². The predicted octanol–water partition coefficient (Wildman–Crippen LogP) is 3.56. The van der Waals surface area contributed by atoms with Gasteiger partial charge in [0.15, 0.2) is 0 Å². The van der Waals surface area contributed by atoms with Crippen LogP contribution < -0.4 is 10.1 Å². The average Bonchev–Trinajstić information content (AvgIpc) is 2.52. The first-order valence-corrected chi connectivity index (χ1v) is 6.70. The van der Waals surface area contributed by atoms with E-state index in [1.807, 2.05) is 19.1 Å². The highest BCUT2D eigenvalue weighted by Crippen LogP contribution is 2.22. The van der Waals surface area contributed by atoms with E-state index in [1.165, 1.54) is 13.2 Å². The standard InChI is InChI=1S/C17H17FN2O/c1-12(16-8-7-15(21-2)9-17(16)18)20-11-14-5-3-13(10-19)4-6-14/h3-9,12,20H,11H2,1-2H3. The lowest BCUT2D eigenvalue weighted by molar-refractivity contribution is 0.409. The number of hydrogen-bond acceptors (Lipinski definition) is 3. The van der Waals surface area contributed by atoms with Crippen LogP contribution in [0.4, 0.5) is 4.39 Å². The van der Waals surface area contributed by atoms with Crippen molar-refractivity contribution in [3.05, 3.63) is 65.0 Å². The molecule has 1 N–H and O–H groups in total. The maximum Gasteiger partial charge on any atom is 0.131 e. The minimum Gasteiger partial charge on any atom is -0.497 e. The third-order valence-electron chi connectivity index (χ3n) is 3.37. The van der Waals surface area contributed by atoms with E-state index in [0.29, 0.717) is 23.4 Å². The number of benzene rings is 2. The highest BCUT2D eigenvalue weighted by atomic mass is 19.1. The van der Waals surface area contributed by atoms with Crippen molar-refractivity contribution >= 4 is 0 Å². The van der Waals surface area contributed by atoms with Crippen LogP contribution in [0.2, 0.25) is 0 Å². The summed E-state index contributed by atoms with van der Waals surface area (Å²) in [6, 6.07) is 14.2. The zero-order valence-electron chi connectivity index (χ0n) is 12.1. The second-order valence-electron chi connectivity index (χ2n) is 4.80. The lowest BCUT2D eigenvalue weighted by Crippen LogP contribution is -2.19. The topological polar surface area (TPSA) is 45.0 Å². The molecule has 0 saturated heterocycles. The van der Waals surface area contributed by atoms with Crippen LogP contribution >= 0.6 is 0 Å². The molecule has 0 aromatic heterocycles. The Bertz CT molecular complexity index is 647. The van der Waals surface area contributed by atoms with Crippen molar-refractivity contribution in [1.29, 1.82) is 5.26 Å². The number of halogens is 1. The van der Waals surface area contributed by atoms with Crippen LogP contribution in [-0.4, -0.2) is 7.11 Å². The summed E-state index contributed by atoms with van der Waals surface area (Å²) in [7, 11) is 1.51. The molecule has 0 aliphatic carbocycles. The Labute approximate surface area is 124 Å². The van der Waals surface area contributed by atoms with Gasteiger partial charge in [-0.15, -0.1) is 0 Å². The number of ether oxygens (including phenoxy) is 1. The van der Waals surface area contributed by atoms with E-state index in [-0.39, 0.29) is 11.9 Å². The van der Waals surface area contributed by atoms with Gasteiger partial charge in [0.1, 0.15) is 11.6 Å². The third-order valence-corrected chi connectivity index (χ3v) is 3.37. The summed E-state index contributed by atoms with van der Waals surface area (Å²) >= 11 is 0. The fraction of sp³-hybridized carbons (Fsp3) is 0.235. The molecular weight excluding hydrogens is 267 g/mol. The van der Waals surface area contributed by atoms with Crippen LogP contribution in [0.15, 0.2) is 42.5 Å². The van der Waals surface area contributed by atoms with Gasteiger partial charge in [-0.1, -0.05) is 18.2 Å². The number of rotatable bonds is 5. The molecule has 2 rings (SSSR count). The minimum atomic E-state index is -0.283. The maximum atomic E-state index is 14.0. The average molecular weight is 284 g/mol. The van der Waals surface area contributed by atoms with E-state index in [9.17, 15) is 4.39 Å². The van der Waals surface area contributed by atoms with Gasteiger partial charge in [-0.25, -0.2) is 4.39 Å². The van der Waals surface area contributed by atoms with Crippen molar-refractivity contribution in [2.75, 3.05) is 7.11 Å². The highest BCUT2D eigenvalue weighted by molar-refractivity contribution is 5.32. The quantitative estimate of drug-likeness (QED) is 0.913. The first-order chi connectivity index (χ1) is 10.1. The number of hydrogen-bond donors (Lipinski definition) is 1. The summed E-state index contributed by atoms with van der Waals surface area (Å²) in [6.07, 6.45) is 0. The molecule has 0 amide bonds. The van der Waals surface area contributed by atoms with Gasteiger partial charge in [0.25, 0.3) is 0 Å². The molecule has 0 fully saturated rings. The van der Waals surface area contributed by atoms with E-state index in [4.69, 9.17) is 10.00 Å². The number of nitriles is 1. The van der Waals surface area contributed by atoms with Crippen molar-refractivity contribution < 1.29 is 9.13 Å². The molecular formula is C17H17FN2O. The van der Waals surface area contributed by atoms with Crippen LogP contribution in [0.5, 0.6) is 5.75 Å². The van der Waals surface area contributed by atoms with Gasteiger partial charge < -0.3 is 10.1 Å². The first kappa shape index (κ1) is 15.0. The summed E-state index contributed by atoms with van der Waals surface area (Å²) in [5.41, 5.74) is 2.28. The molecule has 108 valence electrons. The Hall–Kier alpha value is -2.38. The molecule has 1 atom stereocenters. The van der Waals surface area contributed by atoms with Crippen molar-refractivity contribution in [2.45, 2.75) is 19.5 Å². The van der Waals surface area contributed by atoms with E-state index in [1.54, 1.807) is 24.3 Å². The Morgan fingerprint density at radius 1 is 1.24 bits per heavy atom. The van der Waals surface area contributed by atoms with Crippen molar-refractivity contribution in [2.24, 2.45) is 0 Å². The van der Waals surface area contributed by atoms with Crippen LogP contribution in [0.25, 0.3) is 0 Å². The second kappa shape index (κ2) is 6.87. The molecule has 2 aromatic rings. The van der Waals surface area contributed by atoms with Gasteiger partial charge in [0.2, 0.25) is 0 Å². The molecule has 3 nitrogen and oxygen atoms in total. The fourth-order valence-electron chi connectivity index (χ4n) is 2.06. The summed E-state index contributed by atoms with van der Waals surface area (Å²) in [5, 5.41) is 12.0. The third kappa shape index (κ3) is 3.80. The van der Waals surface area contributed by atoms with E-state index in [2.05, 4.69) is 11.4 Å². The lowest BCUT2D eigenvalue weighted by atomic mass is 10.1. The molecule has 0 aliphatic rings. The highest BCUT2D eigenvalue weighted by Gasteiger charge is 2.11. The Morgan fingerprint density at radius 2 is 1.95 bits per heavy atom. The van der Waals surface area contributed by atoms with Crippen molar-refractivity contribution in [1.82, 2.24) is 5.32 Å². The monoisotopic (exact) mass is 284 g/mol. The molecule has 0 bridgehead atoms. The summed E-state index contributed by atoms with van der Waals surface area (Å²) < 4.78 is 19.0. The first-order valence-electron chi connectivity index (χ1n) is 6.70. The second-order valence-corrected chi connectivity index (χ2v) is 4.80. The zero-order chi connectivity index (χ0) is 15.2. The summed E-state index contributed by atoms with van der Waals surface area (Å²) in [4.78, 5) is 0. The fourth-order valence-corrected chi connectivity index (χ4v) is 2.06. The Kier molecular flexibility index (Phi) is 4.91. The molecule has 2 aromatic carbocycles. The van der Waals surface area contributed by atoms with E-state index in [0.717, 1.165) is 5.56 Å². The van der Waals surface area contributed by atoms with Crippen molar-refractivity contribution in [3.63, 3.8) is 0 Å². The van der Waals surface area contributed by atoms with Gasteiger partial charge in [-0.3, -0.25) is 0 Å². The lowest BCUT2D eigenvalue weighted by Gasteiger charge is -2.15. The number of nitrogens with zero attached hydrogens (tertiary/aromatic N) is 1. The molecule has 21 heavy (non-hydrogen) atoms. The SMILES string of the molecule is COc1ccc(C(C)NCc2ccc(C#N)cc2)c(F)c1. The Morgan fingerprint density at radius 3 is 2.52 bits per heavy atom. The zero-order valence-corrected chi connectivity index (χ0v) is 12.1. The minimum absolute atomic E-state index is 0.119. The van der Waals surface area contributed by atoms with Crippen LogP contribution in [0.1, 0.15) is 29.7 Å². The molecule has 4 heteroatoms. The molecule has 0 radical (unpaired) electrons. The van der Waals surface area contributed by atoms with Gasteiger partial charge in [-0.05, 0) is 30.7 Å². The molecule has 0 spiro atoms. The maximum absolute atomic E-state index is 14.0. The molecule has 0 saturated carbocycles. The van der Waals surface area contributed by atoms with Gasteiger partial charge in [0.05, 0.1) is 18.7 Å². The van der Waals surface area contributed by atoms with Crippen molar-refractivity contribution in [3.8, 4) is 11.8 Å². The summed E-state index contributed by atoms with van der Waals surface area (Å²) in [6.45, 7) is 2.52. The van der Waals surface area contributed by atoms with Crippen LogP contribution in [0.3, 0.4) is 0 Å². The largest absolute Gasteiger partial charge is 0.497 e. The van der Waals surface area contributed by atoms with Gasteiger partial charge in [0, 0.05) is 24.2 Å². The normalized spacial score (nSPS) is 11.7. The van der Waals surface area contributed by atoms with E-state index >= 15 is 0 Å².